The van der Waals surface area contributed by atoms with Gasteiger partial charge in [0.2, 0.25) is 5.91 Å². The fourth-order valence-electron chi connectivity index (χ4n) is 1.49. The molecule has 1 aromatic carbocycles. The molecule has 0 spiro atoms. The van der Waals surface area contributed by atoms with Gasteiger partial charge in [-0.05, 0) is 29.8 Å². The molecule has 0 aliphatic heterocycles. The molecule has 1 N–H and O–H groups in total. The van der Waals surface area contributed by atoms with E-state index in [1.54, 1.807) is 12.1 Å². The molecule has 1 amide bonds. The smallest absolute Gasteiger partial charge is 0.229 e. The summed E-state index contributed by atoms with van der Waals surface area (Å²) in [4.78, 5) is 15.6. The zero-order valence-corrected chi connectivity index (χ0v) is 10.4. The average molecular weight is 283 g/mol. The van der Waals surface area contributed by atoms with Gasteiger partial charge in [0.25, 0.3) is 0 Å². The van der Waals surface area contributed by atoms with Crippen molar-refractivity contribution in [2.24, 2.45) is 0 Å². The van der Waals surface area contributed by atoms with Crippen molar-refractivity contribution in [1.29, 1.82) is 0 Å². The summed E-state index contributed by atoms with van der Waals surface area (Å²) in [6, 6.07) is 6.52. The van der Waals surface area contributed by atoms with Gasteiger partial charge in [-0.1, -0.05) is 17.7 Å². The zero-order valence-electron chi connectivity index (χ0n) is 9.66. The lowest BCUT2D eigenvalue weighted by molar-refractivity contribution is -0.115. The summed E-state index contributed by atoms with van der Waals surface area (Å²) >= 11 is 5.83. The molecule has 19 heavy (non-hydrogen) atoms. The number of halogens is 3. The first-order chi connectivity index (χ1) is 9.06. The number of rotatable bonds is 3. The Balaban J connectivity index is 2.05. The predicted molar refractivity (Wildman–Crippen MR) is 67.9 cm³/mol. The van der Waals surface area contributed by atoms with Crippen LogP contribution in [0.15, 0.2) is 36.5 Å². The fourth-order valence-corrected chi connectivity index (χ4v) is 1.66. The minimum absolute atomic E-state index is 0.0932. The number of benzene rings is 1. The predicted octanol–water partition coefficient (Wildman–Crippen LogP) is 3.19. The summed E-state index contributed by atoms with van der Waals surface area (Å²) in [6.07, 6.45) is 1.39. The van der Waals surface area contributed by atoms with E-state index in [1.807, 2.05) is 0 Å². The van der Waals surface area contributed by atoms with E-state index in [1.165, 1.54) is 12.3 Å². The number of aromatic nitrogens is 1. The van der Waals surface area contributed by atoms with Gasteiger partial charge in [-0.2, -0.15) is 0 Å². The first kappa shape index (κ1) is 13.4. The monoisotopic (exact) mass is 282 g/mol. The van der Waals surface area contributed by atoms with Crippen LogP contribution in [0.25, 0.3) is 0 Å². The maximum atomic E-state index is 13.0. The third-order valence-electron chi connectivity index (χ3n) is 2.36. The first-order valence-corrected chi connectivity index (χ1v) is 5.78. The Kier molecular flexibility index (Phi) is 4.06. The van der Waals surface area contributed by atoms with E-state index in [4.69, 9.17) is 11.6 Å². The number of amides is 1. The second-order valence-electron chi connectivity index (χ2n) is 3.81. The van der Waals surface area contributed by atoms with E-state index in [9.17, 15) is 13.6 Å². The molecule has 1 aromatic heterocycles. The lowest BCUT2D eigenvalue weighted by Crippen LogP contribution is -2.15. The molecule has 98 valence electrons. The largest absolute Gasteiger partial charge is 0.309 e. The third kappa shape index (κ3) is 3.48. The third-order valence-corrected chi connectivity index (χ3v) is 2.67. The number of pyridine rings is 1. The summed E-state index contributed by atoms with van der Waals surface area (Å²) < 4.78 is 25.7. The van der Waals surface area contributed by atoms with Crippen molar-refractivity contribution in [3.8, 4) is 0 Å². The van der Waals surface area contributed by atoms with Crippen LogP contribution in [0.2, 0.25) is 5.02 Å². The molecule has 2 aromatic rings. The number of hydrogen-bond donors (Lipinski definition) is 1. The van der Waals surface area contributed by atoms with Crippen LogP contribution >= 0.6 is 11.6 Å². The average Bonchev–Trinajstić information content (AvgIpc) is 2.37. The van der Waals surface area contributed by atoms with Crippen molar-refractivity contribution < 1.29 is 13.6 Å². The molecule has 0 fully saturated rings. The van der Waals surface area contributed by atoms with Crippen molar-refractivity contribution >= 4 is 23.3 Å². The summed E-state index contributed by atoms with van der Waals surface area (Å²) in [5, 5.41) is 2.80. The number of anilines is 1. The van der Waals surface area contributed by atoms with E-state index in [0.29, 0.717) is 10.6 Å². The summed E-state index contributed by atoms with van der Waals surface area (Å²) in [7, 11) is 0. The number of carbonyl (C=O) groups is 1. The van der Waals surface area contributed by atoms with Gasteiger partial charge in [0.15, 0.2) is 17.5 Å². The molecule has 0 atom stereocenters. The first-order valence-electron chi connectivity index (χ1n) is 5.40. The van der Waals surface area contributed by atoms with Crippen molar-refractivity contribution in [2.75, 3.05) is 5.32 Å². The molecule has 0 aliphatic rings. The molecule has 0 aliphatic carbocycles. The summed E-state index contributed by atoms with van der Waals surface area (Å²) in [6.45, 7) is 0. The van der Waals surface area contributed by atoms with Crippen molar-refractivity contribution in [2.45, 2.75) is 6.42 Å². The highest BCUT2D eigenvalue weighted by atomic mass is 35.5. The van der Waals surface area contributed by atoms with Gasteiger partial charge in [0, 0.05) is 6.20 Å². The van der Waals surface area contributed by atoms with Crippen molar-refractivity contribution in [3.05, 3.63) is 58.7 Å². The molecular formula is C13H9ClF2N2O. The summed E-state index contributed by atoms with van der Waals surface area (Å²) in [5.74, 6) is -2.11. The molecule has 2 rings (SSSR count). The van der Waals surface area contributed by atoms with Crippen LogP contribution in [-0.4, -0.2) is 10.9 Å². The molecule has 1 heterocycles. The highest BCUT2D eigenvalue weighted by molar-refractivity contribution is 6.33. The minimum atomic E-state index is -0.985. The molecule has 6 heteroatoms. The van der Waals surface area contributed by atoms with Gasteiger partial charge in [-0.25, -0.2) is 13.8 Å². The Bertz CT molecular complexity index is 619. The second-order valence-corrected chi connectivity index (χ2v) is 4.21. The standard InChI is InChI=1S/C13H9ClF2N2O/c14-9-2-1-5-17-13(9)18-12(19)7-8-3-4-10(15)11(16)6-8/h1-6H,7H2,(H,17,18,19). The Labute approximate surface area is 113 Å². The van der Waals surface area contributed by atoms with E-state index in [0.717, 1.165) is 12.1 Å². The lowest BCUT2D eigenvalue weighted by atomic mass is 10.1. The molecule has 0 bridgehead atoms. The number of carbonyl (C=O) groups excluding carboxylic acids is 1. The maximum absolute atomic E-state index is 13.0. The molecular weight excluding hydrogens is 274 g/mol. The van der Waals surface area contributed by atoms with Crippen LogP contribution in [0.3, 0.4) is 0 Å². The SMILES string of the molecule is O=C(Cc1ccc(F)c(F)c1)Nc1ncccc1Cl. The van der Waals surface area contributed by atoms with Gasteiger partial charge in [-0.15, -0.1) is 0 Å². The van der Waals surface area contributed by atoms with Crippen LogP contribution < -0.4 is 5.32 Å². The molecule has 0 saturated carbocycles. The number of nitrogens with zero attached hydrogens (tertiary/aromatic N) is 1. The Morgan fingerprint density at radius 2 is 2.05 bits per heavy atom. The molecule has 0 radical (unpaired) electrons. The van der Waals surface area contributed by atoms with Gasteiger partial charge >= 0.3 is 0 Å². The van der Waals surface area contributed by atoms with Crippen molar-refractivity contribution in [3.63, 3.8) is 0 Å². The summed E-state index contributed by atoms with van der Waals surface area (Å²) in [5.41, 5.74) is 0.364. The van der Waals surface area contributed by atoms with Gasteiger partial charge in [-0.3, -0.25) is 4.79 Å². The van der Waals surface area contributed by atoms with E-state index in [-0.39, 0.29) is 12.2 Å². The normalized spacial score (nSPS) is 10.3. The van der Waals surface area contributed by atoms with Crippen LogP contribution in [0.1, 0.15) is 5.56 Å². The van der Waals surface area contributed by atoms with E-state index >= 15 is 0 Å². The van der Waals surface area contributed by atoms with Crippen molar-refractivity contribution in [1.82, 2.24) is 4.98 Å². The highest BCUT2D eigenvalue weighted by Gasteiger charge is 2.09. The van der Waals surface area contributed by atoms with Crippen LogP contribution in [0.4, 0.5) is 14.6 Å². The second kappa shape index (κ2) is 5.75. The van der Waals surface area contributed by atoms with E-state index < -0.39 is 17.5 Å². The minimum Gasteiger partial charge on any atom is -0.309 e. The van der Waals surface area contributed by atoms with Crippen LogP contribution in [0.5, 0.6) is 0 Å². The zero-order chi connectivity index (χ0) is 13.8. The lowest BCUT2D eigenvalue weighted by Gasteiger charge is -2.06. The van der Waals surface area contributed by atoms with Crippen LogP contribution in [0, 0.1) is 11.6 Å². The number of hydrogen-bond acceptors (Lipinski definition) is 2. The molecule has 3 nitrogen and oxygen atoms in total. The fraction of sp³-hybridized carbons (Fsp3) is 0.0769. The van der Waals surface area contributed by atoms with E-state index in [2.05, 4.69) is 10.3 Å². The van der Waals surface area contributed by atoms with Gasteiger partial charge in [0.1, 0.15) is 0 Å². The van der Waals surface area contributed by atoms with Gasteiger partial charge in [0.05, 0.1) is 11.4 Å². The maximum Gasteiger partial charge on any atom is 0.229 e. The highest BCUT2D eigenvalue weighted by Crippen LogP contribution is 2.17. The number of nitrogens with one attached hydrogen (secondary N) is 1. The Hall–Kier alpha value is -2.01. The Morgan fingerprint density at radius 3 is 2.74 bits per heavy atom. The van der Waals surface area contributed by atoms with Crippen LogP contribution in [-0.2, 0) is 11.2 Å². The molecule has 0 saturated heterocycles. The Morgan fingerprint density at radius 1 is 1.26 bits per heavy atom. The molecule has 0 unspecified atom stereocenters. The quantitative estimate of drug-likeness (QED) is 0.939. The topological polar surface area (TPSA) is 42.0 Å². The van der Waals surface area contributed by atoms with Gasteiger partial charge < -0.3 is 5.32 Å².